The molecular weight excluding hydrogens is 306 g/mol. The summed E-state index contributed by atoms with van der Waals surface area (Å²) >= 11 is 6.14. The molecule has 2 atom stereocenters. The third-order valence-electron chi connectivity index (χ3n) is 6.90. The van der Waals surface area contributed by atoms with Gasteiger partial charge in [0.2, 0.25) is 0 Å². The minimum Gasteiger partial charge on any atom is -0.362 e. The standard InChI is InChI=1S/C19H26ClN3/c1-18-3-2-15(20)7-16(18)22-17(23-18)11-21-19-8-12-4-13(9-19)6-14(5-12)10-19/h2-3,7,12-14,16,21H,4-6,8-11H2,1H3,(H,22,23). The second-order valence-electron chi connectivity index (χ2n) is 8.86. The van der Waals surface area contributed by atoms with Crippen LogP contribution in [-0.2, 0) is 0 Å². The first-order valence-electron chi connectivity index (χ1n) is 9.18. The largest absolute Gasteiger partial charge is 0.362 e. The lowest BCUT2D eigenvalue weighted by molar-refractivity contribution is -0.0174. The Morgan fingerprint density at radius 3 is 2.52 bits per heavy atom. The topological polar surface area (TPSA) is 36.4 Å². The van der Waals surface area contributed by atoms with E-state index in [1.165, 1.54) is 38.5 Å². The summed E-state index contributed by atoms with van der Waals surface area (Å²) in [7, 11) is 0. The number of halogens is 1. The second-order valence-corrected chi connectivity index (χ2v) is 9.30. The zero-order valence-corrected chi connectivity index (χ0v) is 14.6. The van der Waals surface area contributed by atoms with Gasteiger partial charge in [0.05, 0.1) is 18.1 Å². The lowest BCUT2D eigenvalue weighted by Gasteiger charge is -2.57. The number of nitrogens with one attached hydrogen (secondary N) is 2. The molecule has 23 heavy (non-hydrogen) atoms. The summed E-state index contributed by atoms with van der Waals surface area (Å²) in [5.74, 6) is 4.05. The molecule has 0 aromatic rings. The highest BCUT2D eigenvalue weighted by molar-refractivity contribution is 6.31. The van der Waals surface area contributed by atoms with Gasteiger partial charge in [-0.15, -0.1) is 0 Å². The lowest BCUT2D eigenvalue weighted by Crippen LogP contribution is -2.60. The number of rotatable bonds is 3. The maximum absolute atomic E-state index is 6.14. The van der Waals surface area contributed by atoms with E-state index in [0.717, 1.165) is 35.2 Å². The molecule has 4 saturated carbocycles. The molecule has 6 rings (SSSR count). The molecular formula is C19H26ClN3. The van der Waals surface area contributed by atoms with Crippen molar-refractivity contribution >= 4 is 17.4 Å². The number of aliphatic imine (C=N–C) groups is 1. The van der Waals surface area contributed by atoms with Crippen LogP contribution in [0.3, 0.4) is 0 Å². The molecule has 124 valence electrons. The van der Waals surface area contributed by atoms with E-state index in [1.54, 1.807) is 0 Å². The number of nitrogens with zero attached hydrogens (tertiary/aromatic N) is 1. The van der Waals surface area contributed by atoms with E-state index in [9.17, 15) is 0 Å². The molecule has 1 aliphatic heterocycles. The smallest absolute Gasteiger partial charge is 0.112 e. The van der Waals surface area contributed by atoms with Crippen molar-refractivity contribution in [1.82, 2.24) is 10.6 Å². The van der Waals surface area contributed by atoms with Crippen molar-refractivity contribution in [2.24, 2.45) is 22.7 Å². The van der Waals surface area contributed by atoms with E-state index in [0.29, 0.717) is 5.54 Å². The van der Waals surface area contributed by atoms with Gasteiger partial charge in [0.1, 0.15) is 5.84 Å². The van der Waals surface area contributed by atoms with Gasteiger partial charge in [0.15, 0.2) is 0 Å². The Labute approximate surface area is 143 Å². The first-order chi connectivity index (χ1) is 11.0. The Morgan fingerprint density at radius 2 is 1.87 bits per heavy atom. The normalized spacial score (nSPS) is 49.7. The van der Waals surface area contributed by atoms with Gasteiger partial charge in [-0.3, -0.25) is 4.99 Å². The van der Waals surface area contributed by atoms with Gasteiger partial charge in [-0.2, -0.15) is 0 Å². The molecule has 5 aliphatic carbocycles. The van der Waals surface area contributed by atoms with E-state index in [2.05, 4.69) is 29.7 Å². The quantitative estimate of drug-likeness (QED) is 0.832. The summed E-state index contributed by atoms with van der Waals surface area (Å²) < 4.78 is 0. The van der Waals surface area contributed by atoms with Gasteiger partial charge in [-0.05, 0) is 75.4 Å². The van der Waals surface area contributed by atoms with Crippen LogP contribution in [0.2, 0.25) is 0 Å². The SMILES string of the molecule is CC12C=CC(Cl)=CC1N=C(CNC13CC4CC(CC(C4)C1)C3)N2. The predicted octanol–water partition coefficient (Wildman–Crippen LogP) is 3.37. The molecule has 4 heteroatoms. The Morgan fingerprint density at radius 1 is 1.22 bits per heavy atom. The van der Waals surface area contributed by atoms with Crippen LogP contribution in [0.5, 0.6) is 0 Å². The van der Waals surface area contributed by atoms with E-state index in [-0.39, 0.29) is 11.6 Å². The van der Waals surface area contributed by atoms with Crippen molar-refractivity contribution in [3.63, 3.8) is 0 Å². The highest BCUT2D eigenvalue weighted by Crippen LogP contribution is 2.55. The van der Waals surface area contributed by atoms with Gasteiger partial charge < -0.3 is 10.6 Å². The van der Waals surface area contributed by atoms with Crippen LogP contribution in [0.25, 0.3) is 0 Å². The summed E-state index contributed by atoms with van der Waals surface area (Å²) in [6.07, 6.45) is 14.8. The molecule has 4 bridgehead atoms. The molecule has 0 radical (unpaired) electrons. The van der Waals surface area contributed by atoms with Gasteiger partial charge >= 0.3 is 0 Å². The van der Waals surface area contributed by atoms with Gasteiger partial charge in [-0.25, -0.2) is 0 Å². The molecule has 0 amide bonds. The van der Waals surface area contributed by atoms with Crippen LogP contribution < -0.4 is 10.6 Å². The van der Waals surface area contributed by atoms with Crippen LogP contribution in [0.1, 0.15) is 45.4 Å². The monoisotopic (exact) mass is 331 g/mol. The van der Waals surface area contributed by atoms with E-state index < -0.39 is 0 Å². The fourth-order valence-electron chi connectivity index (χ4n) is 6.22. The molecule has 0 saturated heterocycles. The molecule has 2 N–H and O–H groups in total. The van der Waals surface area contributed by atoms with Crippen molar-refractivity contribution in [1.29, 1.82) is 0 Å². The minimum absolute atomic E-state index is 0.100. The van der Waals surface area contributed by atoms with E-state index in [1.807, 2.05) is 6.08 Å². The predicted molar refractivity (Wildman–Crippen MR) is 94.7 cm³/mol. The molecule has 0 spiro atoms. The van der Waals surface area contributed by atoms with Crippen LogP contribution in [0, 0.1) is 17.8 Å². The molecule has 0 aromatic carbocycles. The van der Waals surface area contributed by atoms with E-state index >= 15 is 0 Å². The minimum atomic E-state index is -0.100. The Balaban J connectivity index is 1.29. The highest BCUT2D eigenvalue weighted by Gasteiger charge is 2.51. The van der Waals surface area contributed by atoms with Crippen molar-refractivity contribution < 1.29 is 0 Å². The first-order valence-corrected chi connectivity index (χ1v) is 9.56. The summed E-state index contributed by atoms with van der Waals surface area (Å²) in [6.45, 7) is 3.08. The number of hydrogen-bond acceptors (Lipinski definition) is 3. The van der Waals surface area contributed by atoms with Gasteiger partial charge in [0.25, 0.3) is 0 Å². The molecule has 1 heterocycles. The Kier molecular flexibility index (Phi) is 3.07. The number of fused-ring (bicyclic) bond motifs is 1. The summed E-state index contributed by atoms with van der Waals surface area (Å²) in [5.41, 5.74) is 0.299. The van der Waals surface area contributed by atoms with Crippen molar-refractivity contribution in [3.05, 3.63) is 23.3 Å². The molecule has 6 aliphatic rings. The van der Waals surface area contributed by atoms with E-state index in [4.69, 9.17) is 16.6 Å². The van der Waals surface area contributed by atoms with Crippen LogP contribution in [0.4, 0.5) is 0 Å². The third-order valence-corrected chi connectivity index (χ3v) is 7.15. The second kappa shape index (κ2) is 4.86. The first kappa shape index (κ1) is 14.5. The van der Waals surface area contributed by atoms with Gasteiger partial charge in [-0.1, -0.05) is 17.7 Å². The number of hydrogen-bond donors (Lipinski definition) is 2. The third kappa shape index (κ3) is 2.39. The lowest BCUT2D eigenvalue weighted by atomic mass is 9.53. The molecule has 3 nitrogen and oxygen atoms in total. The average Bonchev–Trinajstić information content (AvgIpc) is 2.80. The van der Waals surface area contributed by atoms with Crippen LogP contribution in [-0.4, -0.2) is 29.5 Å². The maximum atomic E-state index is 6.14. The fourth-order valence-corrected chi connectivity index (χ4v) is 6.40. The maximum Gasteiger partial charge on any atom is 0.112 e. The van der Waals surface area contributed by atoms with Crippen molar-refractivity contribution in [3.8, 4) is 0 Å². The van der Waals surface area contributed by atoms with Crippen LogP contribution >= 0.6 is 11.6 Å². The zero-order chi connectivity index (χ0) is 15.7. The van der Waals surface area contributed by atoms with Gasteiger partial charge in [0, 0.05) is 10.6 Å². The highest BCUT2D eigenvalue weighted by atomic mass is 35.5. The van der Waals surface area contributed by atoms with Crippen molar-refractivity contribution in [2.75, 3.05) is 6.54 Å². The summed E-state index contributed by atoms with van der Waals surface area (Å²) in [4.78, 5) is 4.88. The zero-order valence-electron chi connectivity index (χ0n) is 13.8. The molecule has 4 fully saturated rings. The number of allylic oxidation sites excluding steroid dienone is 2. The summed E-state index contributed by atoms with van der Waals surface area (Å²) in [6, 6.07) is 0.133. The molecule has 0 aromatic heterocycles. The van der Waals surface area contributed by atoms with Crippen molar-refractivity contribution in [2.45, 2.75) is 62.6 Å². The van der Waals surface area contributed by atoms with Crippen LogP contribution in [0.15, 0.2) is 28.3 Å². The average molecular weight is 332 g/mol. The number of amidine groups is 1. The summed E-state index contributed by atoms with van der Waals surface area (Å²) in [5, 5.41) is 8.36. The Bertz CT molecular complexity index is 585. The Hall–Kier alpha value is -0.800. The molecule has 2 unspecified atom stereocenters. The fraction of sp³-hybridized carbons (Fsp3) is 0.737.